The molecule has 114 valence electrons. The number of nitrogens with one attached hydrogen (secondary N) is 1. The molecule has 2 atom stereocenters. The number of carboxylic acid groups (broad SMARTS) is 1. The van der Waals surface area contributed by atoms with Gasteiger partial charge < -0.3 is 15.3 Å². The molecule has 0 spiro atoms. The molecule has 5 heteroatoms. The molecule has 0 heterocycles. The van der Waals surface area contributed by atoms with Crippen LogP contribution in [0.2, 0.25) is 0 Å². The molecule has 0 aliphatic heterocycles. The lowest BCUT2D eigenvalue weighted by Crippen LogP contribution is -2.50. The summed E-state index contributed by atoms with van der Waals surface area (Å²) in [7, 11) is 1.83. The molecule has 2 amide bonds. The van der Waals surface area contributed by atoms with E-state index in [-0.39, 0.29) is 12.1 Å². The number of carbonyl (C=O) groups excluding carboxylic acids is 1. The number of hydrogen-bond donors (Lipinski definition) is 2. The van der Waals surface area contributed by atoms with Gasteiger partial charge in [-0.15, -0.1) is 0 Å². The van der Waals surface area contributed by atoms with Crippen molar-refractivity contribution in [2.45, 2.75) is 69.9 Å². The number of nitrogens with zero attached hydrogens (tertiary/aromatic N) is 1. The van der Waals surface area contributed by atoms with E-state index in [1.54, 1.807) is 4.90 Å². The molecule has 2 N–H and O–H groups in total. The molecule has 2 rings (SSSR count). The monoisotopic (exact) mass is 282 g/mol. The number of rotatable bonds is 3. The number of carbonyl (C=O) groups is 2. The summed E-state index contributed by atoms with van der Waals surface area (Å²) in [5, 5.41) is 12.3. The summed E-state index contributed by atoms with van der Waals surface area (Å²) in [6.07, 6.45) is 8.97. The topological polar surface area (TPSA) is 69.6 Å². The van der Waals surface area contributed by atoms with Crippen molar-refractivity contribution in [3.8, 4) is 0 Å². The van der Waals surface area contributed by atoms with Gasteiger partial charge in [0.25, 0.3) is 0 Å². The van der Waals surface area contributed by atoms with Crippen LogP contribution in [0.1, 0.15) is 57.8 Å². The minimum absolute atomic E-state index is 0.102. The van der Waals surface area contributed by atoms with E-state index in [2.05, 4.69) is 5.32 Å². The molecule has 0 aromatic heterocycles. The van der Waals surface area contributed by atoms with E-state index in [1.807, 2.05) is 7.05 Å². The van der Waals surface area contributed by atoms with Crippen LogP contribution < -0.4 is 5.32 Å². The maximum Gasteiger partial charge on any atom is 0.317 e. The summed E-state index contributed by atoms with van der Waals surface area (Å²) >= 11 is 0. The van der Waals surface area contributed by atoms with Crippen molar-refractivity contribution < 1.29 is 14.7 Å². The van der Waals surface area contributed by atoms with Crippen molar-refractivity contribution in [2.75, 3.05) is 7.05 Å². The SMILES string of the molecule is CN(C(=O)NC1CCCCCC1C(=O)O)C1CCCC1. The van der Waals surface area contributed by atoms with Crippen LogP contribution in [0.4, 0.5) is 4.79 Å². The molecule has 2 aliphatic carbocycles. The number of hydrogen-bond acceptors (Lipinski definition) is 2. The average Bonchev–Trinajstić information content (AvgIpc) is 2.85. The van der Waals surface area contributed by atoms with Crippen LogP contribution in [-0.4, -0.2) is 41.1 Å². The lowest BCUT2D eigenvalue weighted by atomic mass is 9.95. The largest absolute Gasteiger partial charge is 0.481 e. The Morgan fingerprint density at radius 1 is 1.00 bits per heavy atom. The van der Waals surface area contributed by atoms with Crippen LogP contribution >= 0.6 is 0 Å². The van der Waals surface area contributed by atoms with Gasteiger partial charge in [0.05, 0.1) is 5.92 Å². The van der Waals surface area contributed by atoms with Gasteiger partial charge in [0.2, 0.25) is 0 Å². The van der Waals surface area contributed by atoms with E-state index in [4.69, 9.17) is 0 Å². The Kier molecular flexibility index (Phi) is 5.26. The first-order valence-corrected chi connectivity index (χ1v) is 7.85. The second-order valence-corrected chi connectivity index (χ2v) is 6.19. The molecule has 0 bridgehead atoms. The van der Waals surface area contributed by atoms with Crippen molar-refractivity contribution in [3.05, 3.63) is 0 Å². The summed E-state index contributed by atoms with van der Waals surface area (Å²) < 4.78 is 0. The van der Waals surface area contributed by atoms with E-state index in [9.17, 15) is 14.7 Å². The number of urea groups is 1. The molecule has 2 aliphatic rings. The van der Waals surface area contributed by atoms with Gasteiger partial charge in [-0.25, -0.2) is 4.79 Å². The fraction of sp³-hybridized carbons (Fsp3) is 0.867. The fourth-order valence-electron chi connectivity index (χ4n) is 3.49. The molecule has 2 saturated carbocycles. The molecule has 5 nitrogen and oxygen atoms in total. The van der Waals surface area contributed by atoms with Crippen molar-refractivity contribution in [2.24, 2.45) is 5.92 Å². The van der Waals surface area contributed by atoms with Crippen LogP contribution in [0, 0.1) is 5.92 Å². The second kappa shape index (κ2) is 6.95. The molecular weight excluding hydrogens is 256 g/mol. The van der Waals surface area contributed by atoms with Crippen LogP contribution in [0.15, 0.2) is 0 Å². The minimum Gasteiger partial charge on any atom is -0.481 e. The van der Waals surface area contributed by atoms with Gasteiger partial charge in [-0.05, 0) is 25.7 Å². The van der Waals surface area contributed by atoms with Gasteiger partial charge in [-0.3, -0.25) is 4.79 Å². The van der Waals surface area contributed by atoms with E-state index in [0.29, 0.717) is 12.5 Å². The first-order valence-electron chi connectivity index (χ1n) is 7.85. The Labute approximate surface area is 120 Å². The molecule has 2 fully saturated rings. The number of aliphatic carboxylic acids is 1. The molecule has 0 aromatic carbocycles. The summed E-state index contributed by atoms with van der Waals surface area (Å²) in [5.74, 6) is -1.21. The third-order valence-corrected chi connectivity index (χ3v) is 4.83. The van der Waals surface area contributed by atoms with Gasteiger partial charge in [0, 0.05) is 19.1 Å². The van der Waals surface area contributed by atoms with Crippen molar-refractivity contribution in [3.63, 3.8) is 0 Å². The Balaban J connectivity index is 1.94. The lowest BCUT2D eigenvalue weighted by molar-refractivity contribution is -0.142. The van der Waals surface area contributed by atoms with Gasteiger partial charge >= 0.3 is 12.0 Å². The summed E-state index contributed by atoms with van der Waals surface area (Å²) in [6, 6.07) is 0.00505. The standard InChI is InChI=1S/C15H26N2O3/c1-17(11-7-5-6-8-11)15(20)16-13-10-4-2-3-9-12(13)14(18)19/h11-13H,2-10H2,1H3,(H,16,20)(H,18,19). The molecule has 0 aromatic rings. The Morgan fingerprint density at radius 3 is 2.25 bits per heavy atom. The van der Waals surface area contributed by atoms with E-state index in [0.717, 1.165) is 38.5 Å². The molecule has 2 unspecified atom stereocenters. The van der Waals surface area contributed by atoms with Gasteiger partial charge in [0.15, 0.2) is 0 Å². The zero-order chi connectivity index (χ0) is 14.5. The Bertz CT molecular complexity index is 353. The van der Waals surface area contributed by atoms with E-state index < -0.39 is 11.9 Å². The highest BCUT2D eigenvalue weighted by Crippen LogP contribution is 2.25. The van der Waals surface area contributed by atoms with Crippen molar-refractivity contribution >= 4 is 12.0 Å². The van der Waals surface area contributed by atoms with Gasteiger partial charge in [0.1, 0.15) is 0 Å². The quantitative estimate of drug-likeness (QED) is 0.782. The number of amides is 2. The smallest absolute Gasteiger partial charge is 0.317 e. The number of carboxylic acids is 1. The van der Waals surface area contributed by atoms with Gasteiger partial charge in [-0.1, -0.05) is 32.1 Å². The van der Waals surface area contributed by atoms with E-state index in [1.165, 1.54) is 12.8 Å². The summed E-state index contributed by atoms with van der Waals surface area (Å²) in [4.78, 5) is 25.4. The third-order valence-electron chi connectivity index (χ3n) is 4.83. The normalized spacial score (nSPS) is 27.9. The predicted octanol–water partition coefficient (Wildman–Crippen LogP) is 2.60. The molecule has 0 saturated heterocycles. The van der Waals surface area contributed by atoms with Crippen molar-refractivity contribution in [1.29, 1.82) is 0 Å². The third kappa shape index (κ3) is 3.64. The zero-order valence-electron chi connectivity index (χ0n) is 12.3. The zero-order valence-corrected chi connectivity index (χ0v) is 12.3. The van der Waals surface area contributed by atoms with Crippen LogP contribution in [0.5, 0.6) is 0 Å². The van der Waals surface area contributed by atoms with Crippen LogP contribution in [-0.2, 0) is 4.79 Å². The first kappa shape index (κ1) is 15.1. The van der Waals surface area contributed by atoms with E-state index >= 15 is 0 Å². The highest BCUT2D eigenvalue weighted by molar-refractivity contribution is 5.77. The summed E-state index contributed by atoms with van der Waals surface area (Å²) in [5.41, 5.74) is 0. The molecule has 0 radical (unpaired) electrons. The summed E-state index contributed by atoms with van der Waals surface area (Å²) in [6.45, 7) is 0. The lowest BCUT2D eigenvalue weighted by Gasteiger charge is -2.29. The highest BCUT2D eigenvalue weighted by atomic mass is 16.4. The average molecular weight is 282 g/mol. The molecule has 20 heavy (non-hydrogen) atoms. The maximum absolute atomic E-state index is 12.3. The molecular formula is C15H26N2O3. The minimum atomic E-state index is -0.777. The highest BCUT2D eigenvalue weighted by Gasteiger charge is 2.32. The Morgan fingerprint density at radius 2 is 1.60 bits per heavy atom. The van der Waals surface area contributed by atoms with Gasteiger partial charge in [-0.2, -0.15) is 0 Å². The second-order valence-electron chi connectivity index (χ2n) is 6.19. The van der Waals surface area contributed by atoms with Crippen molar-refractivity contribution in [1.82, 2.24) is 10.2 Å². The van der Waals surface area contributed by atoms with Crippen LogP contribution in [0.3, 0.4) is 0 Å². The first-order chi connectivity index (χ1) is 9.59. The predicted molar refractivity (Wildman–Crippen MR) is 76.5 cm³/mol. The Hall–Kier alpha value is -1.26. The maximum atomic E-state index is 12.3. The fourth-order valence-corrected chi connectivity index (χ4v) is 3.49. The van der Waals surface area contributed by atoms with Crippen LogP contribution in [0.25, 0.3) is 0 Å².